The van der Waals surface area contributed by atoms with Gasteiger partial charge in [-0.2, -0.15) is 10.4 Å². The smallest absolute Gasteiger partial charge is 0.219 e. The summed E-state index contributed by atoms with van der Waals surface area (Å²) in [5.41, 5.74) is 4.83. The highest BCUT2D eigenvalue weighted by Gasteiger charge is 2.31. The van der Waals surface area contributed by atoms with E-state index in [0.29, 0.717) is 35.7 Å². The van der Waals surface area contributed by atoms with Crippen LogP contribution in [-0.4, -0.2) is 64.5 Å². The Morgan fingerprint density at radius 1 is 1.18 bits per heavy atom. The van der Waals surface area contributed by atoms with Gasteiger partial charge in [0.05, 0.1) is 35.9 Å². The number of anilines is 1. The zero-order valence-electron chi connectivity index (χ0n) is 18.5. The molecule has 0 atom stereocenters. The summed E-state index contributed by atoms with van der Waals surface area (Å²) in [5.74, 6) is 0.0699. The van der Waals surface area contributed by atoms with Crippen LogP contribution in [0.3, 0.4) is 0 Å². The van der Waals surface area contributed by atoms with Crippen LogP contribution in [0.4, 0.5) is 5.69 Å². The average molecular weight is 442 g/mol. The third-order valence-corrected chi connectivity index (χ3v) is 5.57. The number of nitrogens with one attached hydrogen (secondary N) is 1. The summed E-state index contributed by atoms with van der Waals surface area (Å²) < 4.78 is 3.47. The van der Waals surface area contributed by atoms with Gasteiger partial charge in [-0.15, -0.1) is 5.10 Å². The number of carbonyl (C=O) groups is 1. The van der Waals surface area contributed by atoms with Crippen LogP contribution in [-0.2, 0) is 4.79 Å². The molecule has 1 amide bonds. The van der Waals surface area contributed by atoms with Gasteiger partial charge in [0, 0.05) is 49.6 Å². The molecule has 0 bridgehead atoms. The molecular formula is C22H22N10O. The molecule has 1 aliphatic heterocycles. The van der Waals surface area contributed by atoms with Gasteiger partial charge < -0.3 is 10.2 Å². The van der Waals surface area contributed by atoms with Crippen molar-refractivity contribution in [1.29, 1.82) is 5.26 Å². The third kappa shape index (κ3) is 3.76. The molecule has 1 aliphatic rings. The van der Waals surface area contributed by atoms with Gasteiger partial charge in [0.1, 0.15) is 17.5 Å². The number of aromatic nitrogens is 7. The van der Waals surface area contributed by atoms with E-state index in [-0.39, 0.29) is 18.0 Å². The van der Waals surface area contributed by atoms with Crippen molar-refractivity contribution in [3.05, 3.63) is 42.5 Å². The normalized spacial score (nSPS) is 13.8. The lowest BCUT2D eigenvalue weighted by atomic mass is 10.1. The van der Waals surface area contributed by atoms with Crippen molar-refractivity contribution in [2.75, 3.05) is 18.4 Å². The number of fused-ring (bicyclic) bond motifs is 1. The Kier molecular flexibility index (Phi) is 4.97. The van der Waals surface area contributed by atoms with E-state index in [1.807, 2.05) is 16.9 Å². The fraction of sp³-hybridized carbons (Fsp3) is 0.318. The number of likely N-dealkylation sites (tertiary alicyclic amines) is 1. The first-order chi connectivity index (χ1) is 15.9. The largest absolute Gasteiger partial charge is 0.382 e. The molecule has 0 unspecified atom stereocenters. The SMILES string of the molecule is CC(=O)N1CC(n2cc(-c3cnc(-c4cnc5cc(C#N)cnn45)cc3NC(C)C)nn2)C1. The molecule has 1 fully saturated rings. The maximum Gasteiger partial charge on any atom is 0.219 e. The maximum atomic E-state index is 11.5. The highest BCUT2D eigenvalue weighted by molar-refractivity contribution is 5.78. The van der Waals surface area contributed by atoms with E-state index in [9.17, 15) is 4.79 Å². The van der Waals surface area contributed by atoms with Crippen LogP contribution in [0.2, 0.25) is 0 Å². The summed E-state index contributed by atoms with van der Waals surface area (Å²) in [6.07, 6.45) is 6.85. The van der Waals surface area contributed by atoms with E-state index in [4.69, 9.17) is 5.26 Å². The Hall–Kier alpha value is -4.33. The molecule has 11 nitrogen and oxygen atoms in total. The molecule has 1 saturated heterocycles. The van der Waals surface area contributed by atoms with E-state index < -0.39 is 0 Å². The lowest BCUT2D eigenvalue weighted by Gasteiger charge is -2.38. The number of imidazole rings is 1. The second-order valence-corrected chi connectivity index (χ2v) is 8.35. The molecule has 33 heavy (non-hydrogen) atoms. The molecule has 4 aromatic heterocycles. The highest BCUT2D eigenvalue weighted by Crippen LogP contribution is 2.31. The number of hydrogen-bond donors (Lipinski definition) is 1. The van der Waals surface area contributed by atoms with Gasteiger partial charge in [0.2, 0.25) is 5.91 Å². The Morgan fingerprint density at radius 3 is 2.73 bits per heavy atom. The Bertz CT molecular complexity index is 1390. The first-order valence-electron chi connectivity index (χ1n) is 10.6. The summed E-state index contributed by atoms with van der Waals surface area (Å²) in [4.78, 5) is 22.2. The average Bonchev–Trinajstić information content (AvgIpc) is 3.39. The van der Waals surface area contributed by atoms with Crippen LogP contribution < -0.4 is 5.32 Å². The molecule has 5 heterocycles. The van der Waals surface area contributed by atoms with Crippen molar-refractivity contribution in [2.45, 2.75) is 32.9 Å². The highest BCUT2D eigenvalue weighted by atomic mass is 16.2. The number of hydrogen-bond acceptors (Lipinski definition) is 8. The first-order valence-corrected chi connectivity index (χ1v) is 10.6. The predicted octanol–water partition coefficient (Wildman–Crippen LogP) is 2.14. The van der Waals surface area contributed by atoms with Crippen LogP contribution in [0.1, 0.15) is 32.4 Å². The van der Waals surface area contributed by atoms with Crippen molar-refractivity contribution >= 4 is 17.2 Å². The van der Waals surface area contributed by atoms with Gasteiger partial charge in [-0.25, -0.2) is 14.2 Å². The molecular weight excluding hydrogens is 420 g/mol. The quantitative estimate of drug-likeness (QED) is 0.498. The van der Waals surface area contributed by atoms with E-state index in [2.05, 4.69) is 50.6 Å². The lowest BCUT2D eigenvalue weighted by Crippen LogP contribution is -2.50. The maximum absolute atomic E-state index is 11.5. The fourth-order valence-electron chi connectivity index (χ4n) is 3.80. The summed E-state index contributed by atoms with van der Waals surface area (Å²) in [6, 6.07) is 6.02. The van der Waals surface area contributed by atoms with Crippen molar-refractivity contribution in [2.24, 2.45) is 0 Å². The third-order valence-electron chi connectivity index (χ3n) is 5.57. The molecule has 1 N–H and O–H groups in total. The van der Waals surface area contributed by atoms with Gasteiger partial charge in [-0.1, -0.05) is 5.21 Å². The molecule has 0 aromatic carbocycles. The Morgan fingerprint density at radius 2 is 2.00 bits per heavy atom. The number of pyridine rings is 1. The van der Waals surface area contributed by atoms with E-state index in [1.165, 1.54) is 6.20 Å². The number of nitrogens with zero attached hydrogens (tertiary/aromatic N) is 9. The minimum atomic E-state index is 0.0699. The van der Waals surface area contributed by atoms with Crippen LogP contribution in [0.15, 0.2) is 36.9 Å². The second kappa shape index (κ2) is 7.98. The van der Waals surface area contributed by atoms with Gasteiger partial charge in [0.15, 0.2) is 5.65 Å². The van der Waals surface area contributed by atoms with Crippen LogP contribution >= 0.6 is 0 Å². The van der Waals surface area contributed by atoms with Crippen molar-refractivity contribution in [3.63, 3.8) is 0 Å². The molecule has 0 radical (unpaired) electrons. The summed E-state index contributed by atoms with van der Waals surface area (Å²) in [5, 5.41) is 25.5. The summed E-state index contributed by atoms with van der Waals surface area (Å²) in [6.45, 7) is 6.97. The monoisotopic (exact) mass is 442 g/mol. The fourth-order valence-corrected chi connectivity index (χ4v) is 3.80. The molecule has 4 aromatic rings. The van der Waals surface area contributed by atoms with E-state index in [1.54, 1.807) is 34.8 Å². The summed E-state index contributed by atoms with van der Waals surface area (Å²) in [7, 11) is 0. The Balaban J connectivity index is 1.49. The molecule has 5 rings (SSSR count). The molecule has 166 valence electrons. The van der Waals surface area contributed by atoms with Crippen molar-refractivity contribution in [3.8, 4) is 28.7 Å². The second-order valence-electron chi connectivity index (χ2n) is 8.35. The van der Waals surface area contributed by atoms with E-state index in [0.717, 1.165) is 16.9 Å². The van der Waals surface area contributed by atoms with Gasteiger partial charge >= 0.3 is 0 Å². The van der Waals surface area contributed by atoms with Crippen molar-refractivity contribution < 1.29 is 4.79 Å². The standard InChI is InChI=1S/C22H22N10O/c1-13(2)27-18-5-19(21-9-25-22-4-15(6-23)7-26-32(21)22)24-8-17(18)20-12-31(29-28-20)16-10-30(11-16)14(3)33/h4-5,7-9,12-13,16H,10-11H2,1-3H3,(H,24,27). The van der Waals surface area contributed by atoms with E-state index >= 15 is 0 Å². The molecule has 11 heteroatoms. The first kappa shape index (κ1) is 20.6. The molecule has 0 spiro atoms. The molecule has 0 aliphatic carbocycles. The Labute approximate surface area is 189 Å². The topological polar surface area (TPSA) is 130 Å². The van der Waals surface area contributed by atoms with Gasteiger partial charge in [-0.05, 0) is 19.9 Å². The predicted molar refractivity (Wildman–Crippen MR) is 120 cm³/mol. The van der Waals surface area contributed by atoms with Crippen LogP contribution in [0, 0.1) is 11.3 Å². The van der Waals surface area contributed by atoms with Crippen LogP contribution in [0.5, 0.6) is 0 Å². The van der Waals surface area contributed by atoms with Gasteiger partial charge in [-0.3, -0.25) is 9.78 Å². The number of nitriles is 1. The van der Waals surface area contributed by atoms with Crippen molar-refractivity contribution in [1.82, 2.24) is 39.5 Å². The minimum Gasteiger partial charge on any atom is -0.382 e. The molecule has 0 saturated carbocycles. The number of rotatable bonds is 5. The van der Waals surface area contributed by atoms with Crippen LogP contribution in [0.25, 0.3) is 28.3 Å². The van der Waals surface area contributed by atoms with Gasteiger partial charge in [0.25, 0.3) is 0 Å². The lowest BCUT2D eigenvalue weighted by molar-refractivity contribution is -0.134. The summed E-state index contributed by atoms with van der Waals surface area (Å²) >= 11 is 0. The number of carbonyl (C=O) groups excluding carboxylic acids is 1. The zero-order chi connectivity index (χ0) is 23.1. The minimum absolute atomic E-state index is 0.0699. The number of amides is 1. The zero-order valence-corrected chi connectivity index (χ0v) is 18.5.